The smallest absolute Gasteiger partial charge is 0.343 e. The quantitative estimate of drug-likeness (QED) is 0.244. The van der Waals surface area contributed by atoms with Gasteiger partial charge in [-0.3, -0.25) is 4.79 Å². The van der Waals surface area contributed by atoms with Crippen LogP contribution in [0.5, 0.6) is 17.2 Å². The first-order valence-corrected chi connectivity index (χ1v) is 9.62. The molecule has 3 aromatic rings. The molecule has 8 nitrogen and oxygen atoms in total. The number of ether oxygens (including phenoxy) is 3. The number of amides is 1. The van der Waals surface area contributed by atoms with Crippen LogP contribution in [-0.4, -0.2) is 37.4 Å². The molecule has 0 saturated heterocycles. The van der Waals surface area contributed by atoms with E-state index in [4.69, 9.17) is 14.2 Å². The molecule has 0 spiro atoms. The molecule has 0 heterocycles. The van der Waals surface area contributed by atoms with Crippen molar-refractivity contribution in [2.45, 2.75) is 6.10 Å². The molecule has 0 unspecified atom stereocenters. The van der Waals surface area contributed by atoms with E-state index in [-0.39, 0.29) is 0 Å². The van der Waals surface area contributed by atoms with E-state index in [2.05, 4.69) is 10.5 Å². The number of methoxy groups -OCH3 is 2. The van der Waals surface area contributed by atoms with Crippen molar-refractivity contribution in [3.8, 4) is 17.2 Å². The van der Waals surface area contributed by atoms with Crippen LogP contribution in [0, 0.1) is 0 Å². The van der Waals surface area contributed by atoms with E-state index in [0.717, 1.165) is 0 Å². The third-order valence-corrected chi connectivity index (χ3v) is 4.46. The van der Waals surface area contributed by atoms with Crippen LogP contribution in [0.2, 0.25) is 0 Å². The Bertz CT molecular complexity index is 1100. The van der Waals surface area contributed by atoms with Gasteiger partial charge < -0.3 is 19.3 Å². The summed E-state index contributed by atoms with van der Waals surface area (Å²) in [5, 5.41) is 13.9. The third kappa shape index (κ3) is 5.71. The number of benzene rings is 3. The van der Waals surface area contributed by atoms with Gasteiger partial charge in [-0.1, -0.05) is 30.3 Å². The molecule has 3 aromatic carbocycles. The van der Waals surface area contributed by atoms with Gasteiger partial charge >= 0.3 is 5.97 Å². The molecule has 0 aliphatic carbocycles. The van der Waals surface area contributed by atoms with Gasteiger partial charge in [0.15, 0.2) is 17.6 Å². The maximum Gasteiger partial charge on any atom is 0.343 e. The van der Waals surface area contributed by atoms with Crippen LogP contribution in [0.3, 0.4) is 0 Å². The molecular formula is C24H22N2O6. The summed E-state index contributed by atoms with van der Waals surface area (Å²) in [6.07, 6.45) is 0.0990. The van der Waals surface area contributed by atoms with Crippen LogP contribution in [0.15, 0.2) is 77.9 Å². The lowest BCUT2D eigenvalue weighted by atomic mass is 10.1. The van der Waals surface area contributed by atoms with Crippen molar-refractivity contribution in [2.24, 2.45) is 5.10 Å². The molecule has 0 fully saturated rings. The number of carbonyl (C=O) groups excluding carboxylic acids is 2. The van der Waals surface area contributed by atoms with Crippen LogP contribution >= 0.6 is 0 Å². The lowest BCUT2D eigenvalue weighted by molar-refractivity contribution is -0.129. The fourth-order valence-corrected chi connectivity index (χ4v) is 2.77. The number of hydrogen-bond acceptors (Lipinski definition) is 7. The lowest BCUT2D eigenvalue weighted by Crippen LogP contribution is -2.25. The van der Waals surface area contributed by atoms with Crippen molar-refractivity contribution < 1.29 is 28.9 Å². The zero-order chi connectivity index (χ0) is 22.9. The second kappa shape index (κ2) is 10.7. The second-order valence-electron chi connectivity index (χ2n) is 6.58. The van der Waals surface area contributed by atoms with Crippen molar-refractivity contribution >= 4 is 18.1 Å². The number of aliphatic hydroxyl groups is 1. The Hall–Kier alpha value is -4.17. The molecule has 0 aliphatic heterocycles. The Labute approximate surface area is 185 Å². The second-order valence-corrected chi connectivity index (χ2v) is 6.58. The number of esters is 1. The Morgan fingerprint density at radius 2 is 1.62 bits per heavy atom. The molecule has 1 atom stereocenters. The largest absolute Gasteiger partial charge is 0.493 e. The average molecular weight is 434 g/mol. The number of aliphatic hydroxyl groups excluding tert-OH is 1. The predicted octanol–water partition coefficient (Wildman–Crippen LogP) is 3.11. The van der Waals surface area contributed by atoms with Gasteiger partial charge in [-0.15, -0.1) is 0 Å². The summed E-state index contributed by atoms with van der Waals surface area (Å²) in [5.41, 5.74) is 3.73. The number of carbonyl (C=O) groups is 2. The summed E-state index contributed by atoms with van der Waals surface area (Å²) in [7, 11) is 3.00. The minimum absolute atomic E-state index is 0.313. The lowest BCUT2D eigenvalue weighted by Gasteiger charge is -2.09. The highest BCUT2D eigenvalue weighted by Crippen LogP contribution is 2.28. The molecule has 32 heavy (non-hydrogen) atoms. The van der Waals surface area contributed by atoms with Gasteiger partial charge in [0.2, 0.25) is 0 Å². The normalized spacial score (nSPS) is 11.6. The first-order chi connectivity index (χ1) is 15.5. The minimum Gasteiger partial charge on any atom is -0.493 e. The van der Waals surface area contributed by atoms with Crippen LogP contribution in [0.1, 0.15) is 27.6 Å². The van der Waals surface area contributed by atoms with Crippen molar-refractivity contribution in [3.05, 3.63) is 89.5 Å². The molecule has 0 aliphatic rings. The first-order valence-electron chi connectivity index (χ1n) is 9.62. The van der Waals surface area contributed by atoms with Crippen LogP contribution in [-0.2, 0) is 4.79 Å². The van der Waals surface area contributed by atoms with E-state index >= 15 is 0 Å². The molecule has 0 aromatic heterocycles. The van der Waals surface area contributed by atoms with Gasteiger partial charge in [0, 0.05) is 0 Å². The Morgan fingerprint density at radius 3 is 2.28 bits per heavy atom. The highest BCUT2D eigenvalue weighted by molar-refractivity contribution is 5.92. The molecule has 2 N–H and O–H groups in total. The van der Waals surface area contributed by atoms with E-state index in [1.165, 1.54) is 26.5 Å². The molecule has 164 valence electrons. The zero-order valence-electron chi connectivity index (χ0n) is 17.5. The van der Waals surface area contributed by atoms with Gasteiger partial charge in [-0.2, -0.15) is 5.10 Å². The fraction of sp³-hybridized carbons (Fsp3) is 0.125. The molecular weight excluding hydrogens is 412 g/mol. The molecule has 0 saturated carbocycles. The Kier molecular flexibility index (Phi) is 7.55. The first kappa shape index (κ1) is 22.5. The summed E-state index contributed by atoms with van der Waals surface area (Å²) in [6.45, 7) is 0. The van der Waals surface area contributed by atoms with Crippen LogP contribution < -0.4 is 19.6 Å². The number of rotatable bonds is 8. The van der Waals surface area contributed by atoms with Crippen molar-refractivity contribution in [2.75, 3.05) is 14.2 Å². The average Bonchev–Trinajstić information content (AvgIpc) is 2.84. The molecule has 1 amide bonds. The van der Waals surface area contributed by atoms with Gasteiger partial charge in [0.25, 0.3) is 5.91 Å². The topological polar surface area (TPSA) is 106 Å². The zero-order valence-corrected chi connectivity index (χ0v) is 17.5. The van der Waals surface area contributed by atoms with Crippen molar-refractivity contribution in [3.63, 3.8) is 0 Å². The molecule has 8 heteroatoms. The highest BCUT2D eigenvalue weighted by atomic mass is 16.5. The van der Waals surface area contributed by atoms with Crippen molar-refractivity contribution in [1.82, 2.24) is 5.43 Å². The summed E-state index contributed by atoms with van der Waals surface area (Å²) >= 11 is 0. The van der Waals surface area contributed by atoms with E-state index in [9.17, 15) is 14.7 Å². The van der Waals surface area contributed by atoms with Gasteiger partial charge in [0.05, 0.1) is 26.0 Å². The number of hydrazone groups is 1. The fourth-order valence-electron chi connectivity index (χ4n) is 2.77. The van der Waals surface area contributed by atoms with Crippen molar-refractivity contribution in [1.29, 1.82) is 0 Å². The number of nitrogens with zero attached hydrogens (tertiary/aromatic N) is 1. The highest BCUT2D eigenvalue weighted by Gasteiger charge is 2.16. The standard InChI is InChI=1S/C24H22N2O6/c1-30-20-13-10-18(14-21(20)31-2)24(29)32-19-11-8-16(9-12-19)15-25-26-23(28)22(27)17-6-4-3-5-7-17/h3-15,22,27H,1-2H3,(H,26,28)/b25-15-/t22-/m1/s1. The van der Waals surface area contributed by atoms with Gasteiger partial charge in [0.1, 0.15) is 5.75 Å². The van der Waals surface area contributed by atoms with Gasteiger partial charge in [-0.05, 0) is 53.6 Å². The molecule has 0 radical (unpaired) electrons. The Balaban J connectivity index is 1.57. The van der Waals surface area contributed by atoms with E-state index in [0.29, 0.717) is 33.9 Å². The Morgan fingerprint density at radius 1 is 0.938 bits per heavy atom. The monoisotopic (exact) mass is 434 g/mol. The minimum atomic E-state index is -1.31. The molecule has 0 bridgehead atoms. The van der Waals surface area contributed by atoms with E-state index in [1.807, 2.05) is 0 Å². The maximum atomic E-state index is 12.4. The summed E-state index contributed by atoms with van der Waals surface area (Å²) in [5.74, 6) is 0.0805. The van der Waals surface area contributed by atoms with Crippen LogP contribution in [0.4, 0.5) is 0 Å². The van der Waals surface area contributed by atoms with Gasteiger partial charge in [-0.25, -0.2) is 10.2 Å². The third-order valence-electron chi connectivity index (χ3n) is 4.46. The summed E-state index contributed by atoms with van der Waals surface area (Å²) in [4.78, 5) is 24.4. The predicted molar refractivity (Wildman–Crippen MR) is 118 cm³/mol. The summed E-state index contributed by atoms with van der Waals surface area (Å²) in [6, 6.07) is 19.8. The number of nitrogens with one attached hydrogen (secondary N) is 1. The van der Waals surface area contributed by atoms with E-state index < -0.39 is 18.0 Å². The van der Waals surface area contributed by atoms with E-state index in [1.54, 1.807) is 66.7 Å². The maximum absolute atomic E-state index is 12.4. The SMILES string of the molecule is COc1ccc(C(=O)Oc2ccc(/C=N\NC(=O)[C@H](O)c3ccccc3)cc2)cc1OC. The molecule has 3 rings (SSSR count). The summed E-state index contributed by atoms with van der Waals surface area (Å²) < 4.78 is 15.7. The number of hydrogen-bond donors (Lipinski definition) is 2. The van der Waals surface area contributed by atoms with Crippen LogP contribution in [0.25, 0.3) is 0 Å².